The summed E-state index contributed by atoms with van der Waals surface area (Å²) in [6.45, 7) is 0.998. The van der Waals surface area contributed by atoms with Crippen molar-refractivity contribution >= 4 is 21.2 Å². The highest BCUT2D eigenvalue weighted by molar-refractivity contribution is 7.86. The summed E-state index contributed by atoms with van der Waals surface area (Å²) in [6.07, 6.45) is 0.624. The summed E-state index contributed by atoms with van der Waals surface area (Å²) in [5.74, 6) is -0.108. The summed E-state index contributed by atoms with van der Waals surface area (Å²) in [5.41, 5.74) is 1.09. The van der Waals surface area contributed by atoms with Crippen LogP contribution in [0.25, 0.3) is 11.0 Å². The summed E-state index contributed by atoms with van der Waals surface area (Å²) in [5, 5.41) is 0.359. The van der Waals surface area contributed by atoms with Crippen molar-refractivity contribution in [1.29, 1.82) is 0 Å². The van der Waals surface area contributed by atoms with E-state index in [2.05, 4.69) is 0 Å². The average Bonchev–Trinajstić information content (AvgIpc) is 3.26. The zero-order valence-electron chi connectivity index (χ0n) is 17.7. The third-order valence-electron chi connectivity index (χ3n) is 5.75. The van der Waals surface area contributed by atoms with E-state index in [1.807, 2.05) is 30.3 Å². The van der Waals surface area contributed by atoms with E-state index >= 15 is 0 Å². The van der Waals surface area contributed by atoms with Crippen molar-refractivity contribution in [1.82, 2.24) is 22.7 Å². The number of hydrogen-bond acceptors (Lipinski definition) is 5. The van der Waals surface area contributed by atoms with Gasteiger partial charge in [0.05, 0.1) is 11.9 Å². The van der Waals surface area contributed by atoms with Crippen molar-refractivity contribution < 1.29 is 8.42 Å². The molecule has 9 nitrogen and oxygen atoms in total. The highest BCUT2D eigenvalue weighted by Gasteiger charge is 2.34. The Balaban J connectivity index is 1.78. The molecule has 1 atom stereocenters. The molecule has 164 valence electrons. The standard InChI is InChI=1S/C21H25N5O4S/c1-23(2)31(29,30)25-12-11-16(14-25)18-10-9-17-19(22-18)26(21(28)24(3)20(17)27)13-15-7-5-4-6-8-15/h4-10,16H,11-14H2,1-3H3. The Kier molecular flexibility index (Phi) is 5.54. The molecule has 1 aromatic carbocycles. The maximum atomic E-state index is 12.9. The Hall–Kier alpha value is -2.82. The second-order valence-electron chi connectivity index (χ2n) is 7.96. The summed E-state index contributed by atoms with van der Waals surface area (Å²) in [7, 11) is 0.979. The number of benzene rings is 1. The lowest BCUT2D eigenvalue weighted by atomic mass is 10.0. The molecule has 2 aromatic heterocycles. The second-order valence-corrected chi connectivity index (χ2v) is 10.1. The minimum absolute atomic E-state index is 0.108. The molecular weight excluding hydrogens is 418 g/mol. The van der Waals surface area contributed by atoms with Crippen molar-refractivity contribution in [3.05, 3.63) is 74.6 Å². The van der Waals surface area contributed by atoms with Gasteiger partial charge < -0.3 is 0 Å². The van der Waals surface area contributed by atoms with E-state index < -0.39 is 21.5 Å². The molecule has 3 aromatic rings. The van der Waals surface area contributed by atoms with Gasteiger partial charge in [0.25, 0.3) is 15.8 Å². The van der Waals surface area contributed by atoms with E-state index in [1.165, 1.54) is 34.3 Å². The predicted octanol–water partition coefficient (Wildman–Crippen LogP) is 0.739. The number of pyridine rings is 1. The average molecular weight is 444 g/mol. The number of aromatic nitrogens is 3. The van der Waals surface area contributed by atoms with Crippen molar-refractivity contribution in [3.8, 4) is 0 Å². The third kappa shape index (κ3) is 3.82. The largest absolute Gasteiger partial charge is 0.332 e. The van der Waals surface area contributed by atoms with Crippen molar-refractivity contribution in [2.45, 2.75) is 18.9 Å². The molecule has 0 saturated carbocycles. The first-order valence-corrected chi connectivity index (χ1v) is 11.4. The molecular formula is C21H25N5O4S. The number of nitrogens with zero attached hydrogens (tertiary/aromatic N) is 5. The fourth-order valence-corrected chi connectivity index (χ4v) is 5.09. The van der Waals surface area contributed by atoms with E-state index in [0.29, 0.717) is 36.2 Å². The molecule has 1 unspecified atom stereocenters. The molecule has 0 radical (unpaired) electrons. The molecule has 0 N–H and O–H groups in total. The quantitative estimate of drug-likeness (QED) is 0.579. The summed E-state index contributed by atoms with van der Waals surface area (Å²) in [4.78, 5) is 30.2. The normalized spacial score (nSPS) is 17.6. The molecule has 0 amide bonds. The Morgan fingerprint density at radius 3 is 2.48 bits per heavy atom. The molecule has 1 fully saturated rings. The number of rotatable bonds is 5. The molecule has 3 heterocycles. The second kappa shape index (κ2) is 8.03. The lowest BCUT2D eigenvalue weighted by Crippen LogP contribution is -2.39. The smallest absolute Gasteiger partial charge is 0.273 e. The first-order valence-electron chi connectivity index (χ1n) is 10.0. The van der Waals surface area contributed by atoms with Crippen LogP contribution in [0.15, 0.2) is 52.1 Å². The van der Waals surface area contributed by atoms with Crippen LogP contribution < -0.4 is 11.2 Å². The Labute approximate surface area is 180 Å². The summed E-state index contributed by atoms with van der Waals surface area (Å²) >= 11 is 0. The van der Waals surface area contributed by atoms with Crippen LogP contribution in [0.2, 0.25) is 0 Å². The van der Waals surface area contributed by atoms with E-state index in [0.717, 1.165) is 10.1 Å². The van der Waals surface area contributed by atoms with Gasteiger partial charge in [0.2, 0.25) is 0 Å². The van der Waals surface area contributed by atoms with E-state index in [-0.39, 0.29) is 12.5 Å². The Morgan fingerprint density at radius 1 is 1.10 bits per heavy atom. The molecule has 1 saturated heterocycles. The maximum Gasteiger partial charge on any atom is 0.332 e. The van der Waals surface area contributed by atoms with Gasteiger partial charge in [-0.05, 0) is 24.1 Å². The molecule has 31 heavy (non-hydrogen) atoms. The minimum Gasteiger partial charge on any atom is -0.273 e. The zero-order chi connectivity index (χ0) is 22.3. The third-order valence-corrected chi connectivity index (χ3v) is 7.65. The lowest BCUT2D eigenvalue weighted by Gasteiger charge is -2.21. The first kappa shape index (κ1) is 21.4. The highest BCUT2D eigenvalue weighted by Crippen LogP contribution is 2.29. The Morgan fingerprint density at radius 2 is 1.81 bits per heavy atom. The fourth-order valence-electron chi connectivity index (χ4n) is 3.92. The first-order chi connectivity index (χ1) is 14.7. The van der Waals surface area contributed by atoms with Crippen LogP contribution in [0.1, 0.15) is 23.6 Å². The van der Waals surface area contributed by atoms with Gasteiger partial charge in [-0.15, -0.1) is 0 Å². The van der Waals surface area contributed by atoms with Crippen LogP contribution in [-0.4, -0.2) is 58.3 Å². The predicted molar refractivity (Wildman–Crippen MR) is 118 cm³/mol. The van der Waals surface area contributed by atoms with Crippen LogP contribution in [0.4, 0.5) is 0 Å². The van der Waals surface area contributed by atoms with Gasteiger partial charge in [0, 0.05) is 45.8 Å². The van der Waals surface area contributed by atoms with Gasteiger partial charge in [-0.25, -0.2) is 9.78 Å². The van der Waals surface area contributed by atoms with Gasteiger partial charge in [-0.1, -0.05) is 30.3 Å². The molecule has 10 heteroatoms. The van der Waals surface area contributed by atoms with Gasteiger partial charge >= 0.3 is 5.69 Å². The van der Waals surface area contributed by atoms with E-state index in [4.69, 9.17) is 4.98 Å². The number of fused-ring (bicyclic) bond motifs is 1. The molecule has 1 aliphatic heterocycles. The van der Waals surface area contributed by atoms with Gasteiger partial charge in [0.15, 0.2) is 0 Å². The van der Waals surface area contributed by atoms with Crippen LogP contribution in [-0.2, 0) is 23.8 Å². The summed E-state index contributed by atoms with van der Waals surface area (Å²) < 4.78 is 30.1. The maximum absolute atomic E-state index is 12.9. The van der Waals surface area contributed by atoms with Gasteiger partial charge in [0.1, 0.15) is 5.65 Å². The molecule has 0 bridgehead atoms. The minimum atomic E-state index is -3.50. The Bertz CT molecular complexity index is 1350. The van der Waals surface area contributed by atoms with Gasteiger partial charge in [-0.3, -0.25) is 13.9 Å². The highest BCUT2D eigenvalue weighted by atomic mass is 32.2. The fraction of sp³-hybridized carbons (Fsp3) is 0.381. The zero-order valence-corrected chi connectivity index (χ0v) is 18.5. The topological polar surface area (TPSA) is 97.5 Å². The van der Waals surface area contributed by atoms with Gasteiger partial charge in [-0.2, -0.15) is 17.0 Å². The van der Waals surface area contributed by atoms with Crippen molar-refractivity contribution in [3.63, 3.8) is 0 Å². The lowest BCUT2D eigenvalue weighted by molar-refractivity contribution is 0.418. The SMILES string of the molecule is CN(C)S(=O)(=O)N1CCC(c2ccc3c(=O)n(C)c(=O)n(Cc4ccccc4)c3n2)C1. The number of hydrogen-bond donors (Lipinski definition) is 0. The van der Waals surface area contributed by atoms with E-state index in [1.54, 1.807) is 12.1 Å². The van der Waals surface area contributed by atoms with Crippen LogP contribution in [0.5, 0.6) is 0 Å². The molecule has 0 aliphatic carbocycles. The monoisotopic (exact) mass is 443 g/mol. The van der Waals surface area contributed by atoms with Crippen molar-refractivity contribution in [2.24, 2.45) is 7.05 Å². The van der Waals surface area contributed by atoms with Crippen LogP contribution >= 0.6 is 0 Å². The molecule has 0 spiro atoms. The molecule has 4 rings (SSSR count). The molecule has 1 aliphatic rings. The summed E-state index contributed by atoms with van der Waals surface area (Å²) in [6, 6.07) is 12.9. The van der Waals surface area contributed by atoms with Crippen LogP contribution in [0.3, 0.4) is 0 Å². The van der Waals surface area contributed by atoms with Crippen LogP contribution in [0, 0.1) is 0 Å². The van der Waals surface area contributed by atoms with E-state index in [9.17, 15) is 18.0 Å². The van der Waals surface area contributed by atoms with Crippen molar-refractivity contribution in [2.75, 3.05) is 27.2 Å².